The first-order valence-corrected chi connectivity index (χ1v) is 9.65. The fraction of sp³-hybridized carbons (Fsp3) is 1.00. The molecule has 0 aromatic carbocycles. The van der Waals surface area contributed by atoms with Crippen molar-refractivity contribution >= 4 is 10.8 Å². The van der Waals surface area contributed by atoms with Gasteiger partial charge >= 0.3 is 0 Å². The van der Waals surface area contributed by atoms with Gasteiger partial charge in [0.1, 0.15) is 0 Å². The summed E-state index contributed by atoms with van der Waals surface area (Å²) in [6, 6.07) is 0. The molecule has 0 unspecified atom stereocenters. The van der Waals surface area contributed by atoms with E-state index >= 15 is 0 Å². The van der Waals surface area contributed by atoms with Gasteiger partial charge in [0.2, 0.25) is 0 Å². The maximum absolute atomic E-state index is 11.7. The molecule has 0 aliphatic rings. The molecule has 0 saturated heterocycles. The smallest absolute Gasteiger partial charge is 0.0234 e. The Labute approximate surface area is 129 Å². The molecule has 0 fully saturated rings. The summed E-state index contributed by atoms with van der Waals surface area (Å²) >= 11 is 0. The summed E-state index contributed by atoms with van der Waals surface area (Å²) in [7, 11) is -0.534. The molecule has 0 amide bonds. The van der Waals surface area contributed by atoms with Crippen molar-refractivity contribution in [2.24, 2.45) is 0 Å². The van der Waals surface area contributed by atoms with Crippen molar-refractivity contribution in [3.05, 3.63) is 0 Å². The first-order chi connectivity index (χ1) is 8.81. The number of unbranched alkanes of at least 4 members (excludes halogenated alkanes) is 10. The third kappa shape index (κ3) is 20.4. The van der Waals surface area contributed by atoms with E-state index in [0.29, 0.717) is 0 Å². The molecule has 0 heterocycles. The Kier molecular flexibility index (Phi) is 26.8. The summed E-state index contributed by atoms with van der Waals surface area (Å²) in [4.78, 5) is 0. The SMILES string of the molecule is CCCCCCCCS(=O)CCCCCCCC.N.O. The van der Waals surface area contributed by atoms with Gasteiger partial charge in [0.25, 0.3) is 0 Å². The van der Waals surface area contributed by atoms with Crippen LogP contribution in [0.2, 0.25) is 0 Å². The minimum Gasteiger partial charge on any atom is -0.412 e. The zero-order valence-electron chi connectivity index (χ0n) is 13.9. The molecule has 0 aromatic rings. The molecular formula is C16H39NO2S. The average Bonchev–Trinajstić information content (AvgIpc) is 2.38. The molecule has 0 aliphatic carbocycles. The lowest BCUT2D eigenvalue weighted by Gasteiger charge is -2.03. The second-order valence-corrected chi connectivity index (χ2v) is 7.08. The van der Waals surface area contributed by atoms with Gasteiger partial charge in [-0.3, -0.25) is 4.21 Å². The molecule has 126 valence electrons. The van der Waals surface area contributed by atoms with Crippen LogP contribution in [0.25, 0.3) is 0 Å². The Morgan fingerprint density at radius 2 is 0.900 bits per heavy atom. The fourth-order valence-corrected chi connectivity index (χ4v) is 3.45. The Balaban J connectivity index is -0.00000144. The van der Waals surface area contributed by atoms with Crippen LogP contribution in [-0.4, -0.2) is 21.2 Å². The van der Waals surface area contributed by atoms with Crippen LogP contribution < -0.4 is 6.15 Å². The number of rotatable bonds is 14. The fourth-order valence-electron chi connectivity index (χ4n) is 2.19. The van der Waals surface area contributed by atoms with E-state index < -0.39 is 10.8 Å². The maximum Gasteiger partial charge on any atom is 0.0234 e. The van der Waals surface area contributed by atoms with E-state index in [4.69, 9.17) is 0 Å². The van der Waals surface area contributed by atoms with Gasteiger partial charge in [0, 0.05) is 22.3 Å². The highest BCUT2D eigenvalue weighted by molar-refractivity contribution is 7.84. The molecule has 0 spiro atoms. The van der Waals surface area contributed by atoms with Crippen LogP contribution in [0.15, 0.2) is 0 Å². The third-order valence-corrected chi connectivity index (χ3v) is 4.94. The standard InChI is InChI=1S/C16H34OS.H3N.H2O/c1-3-5-7-9-11-13-15-18(17)16-14-12-10-8-6-4-2;;/h3-16H2,1-2H3;1H3;1H2. The van der Waals surface area contributed by atoms with Crippen LogP contribution in [0, 0.1) is 0 Å². The Bertz CT molecular complexity index is 171. The van der Waals surface area contributed by atoms with Gasteiger partial charge in [0.15, 0.2) is 0 Å². The monoisotopic (exact) mass is 309 g/mol. The molecule has 0 aliphatic heterocycles. The highest BCUT2D eigenvalue weighted by Gasteiger charge is 1.99. The lowest BCUT2D eigenvalue weighted by molar-refractivity contribution is 0.615. The zero-order chi connectivity index (χ0) is 13.5. The van der Waals surface area contributed by atoms with Crippen LogP contribution in [-0.2, 0) is 10.8 Å². The molecule has 0 bridgehead atoms. The third-order valence-electron chi connectivity index (χ3n) is 3.45. The molecule has 0 rings (SSSR count). The highest BCUT2D eigenvalue weighted by Crippen LogP contribution is 2.08. The predicted octanol–water partition coefficient (Wildman–Crippen LogP) is 4.79. The minimum absolute atomic E-state index is 0. The highest BCUT2D eigenvalue weighted by atomic mass is 32.2. The van der Waals surface area contributed by atoms with Gasteiger partial charge in [-0.1, -0.05) is 78.1 Å². The van der Waals surface area contributed by atoms with E-state index in [1.165, 1.54) is 77.0 Å². The van der Waals surface area contributed by atoms with Gasteiger partial charge in [0.05, 0.1) is 0 Å². The van der Waals surface area contributed by atoms with E-state index in [-0.39, 0.29) is 11.6 Å². The van der Waals surface area contributed by atoms with Crippen molar-refractivity contribution in [1.29, 1.82) is 0 Å². The van der Waals surface area contributed by atoms with Crippen molar-refractivity contribution in [1.82, 2.24) is 6.15 Å². The molecule has 4 heteroatoms. The zero-order valence-corrected chi connectivity index (χ0v) is 14.7. The molecular weight excluding hydrogens is 270 g/mol. The van der Waals surface area contributed by atoms with Crippen molar-refractivity contribution < 1.29 is 9.69 Å². The summed E-state index contributed by atoms with van der Waals surface area (Å²) in [6.45, 7) is 4.49. The van der Waals surface area contributed by atoms with Crippen molar-refractivity contribution in [2.45, 2.75) is 90.9 Å². The van der Waals surface area contributed by atoms with Crippen LogP contribution in [0.3, 0.4) is 0 Å². The predicted molar refractivity (Wildman–Crippen MR) is 93.3 cm³/mol. The summed E-state index contributed by atoms with van der Waals surface area (Å²) in [5.41, 5.74) is 0. The summed E-state index contributed by atoms with van der Waals surface area (Å²) < 4.78 is 11.7. The molecule has 0 aromatic heterocycles. The summed E-state index contributed by atoms with van der Waals surface area (Å²) in [5.74, 6) is 1.89. The van der Waals surface area contributed by atoms with E-state index in [1.54, 1.807) is 0 Å². The molecule has 0 atom stereocenters. The maximum atomic E-state index is 11.7. The number of hydrogen-bond acceptors (Lipinski definition) is 2. The molecule has 0 radical (unpaired) electrons. The Hall–Kier alpha value is 0.0700. The second kappa shape index (κ2) is 21.4. The van der Waals surface area contributed by atoms with E-state index in [0.717, 1.165) is 11.5 Å². The minimum atomic E-state index is -0.534. The van der Waals surface area contributed by atoms with Gasteiger partial charge in [-0.15, -0.1) is 0 Å². The van der Waals surface area contributed by atoms with Crippen LogP contribution in [0.1, 0.15) is 90.9 Å². The van der Waals surface area contributed by atoms with Crippen LogP contribution in [0.5, 0.6) is 0 Å². The van der Waals surface area contributed by atoms with Crippen LogP contribution >= 0.6 is 0 Å². The molecule has 20 heavy (non-hydrogen) atoms. The topological polar surface area (TPSA) is 83.6 Å². The normalized spacial score (nSPS) is 10.2. The molecule has 5 N–H and O–H groups in total. The Morgan fingerprint density at radius 1 is 0.600 bits per heavy atom. The van der Waals surface area contributed by atoms with Gasteiger partial charge in [-0.25, -0.2) is 0 Å². The first-order valence-electron chi connectivity index (χ1n) is 8.16. The van der Waals surface area contributed by atoms with E-state index in [9.17, 15) is 4.21 Å². The van der Waals surface area contributed by atoms with E-state index in [2.05, 4.69) is 13.8 Å². The first kappa shape index (κ1) is 25.0. The molecule has 3 nitrogen and oxygen atoms in total. The lowest BCUT2D eigenvalue weighted by Crippen LogP contribution is -2.02. The van der Waals surface area contributed by atoms with Crippen LogP contribution in [0.4, 0.5) is 0 Å². The molecule has 0 saturated carbocycles. The number of hydrogen-bond donors (Lipinski definition) is 1. The average molecular weight is 310 g/mol. The van der Waals surface area contributed by atoms with Gasteiger partial charge < -0.3 is 11.6 Å². The summed E-state index contributed by atoms with van der Waals surface area (Å²) in [6.07, 6.45) is 15.6. The quantitative estimate of drug-likeness (QED) is 0.468. The van der Waals surface area contributed by atoms with Crippen molar-refractivity contribution in [2.75, 3.05) is 11.5 Å². The van der Waals surface area contributed by atoms with Crippen molar-refractivity contribution in [3.8, 4) is 0 Å². The van der Waals surface area contributed by atoms with Crippen molar-refractivity contribution in [3.63, 3.8) is 0 Å². The van der Waals surface area contributed by atoms with Gasteiger partial charge in [-0.05, 0) is 12.8 Å². The lowest BCUT2D eigenvalue weighted by atomic mass is 10.1. The Morgan fingerprint density at radius 3 is 1.25 bits per heavy atom. The second-order valence-electron chi connectivity index (χ2n) is 5.38. The largest absolute Gasteiger partial charge is 0.412 e. The van der Waals surface area contributed by atoms with Gasteiger partial charge in [-0.2, -0.15) is 0 Å². The summed E-state index contributed by atoms with van der Waals surface area (Å²) in [5, 5.41) is 0. The van der Waals surface area contributed by atoms with E-state index in [1.807, 2.05) is 0 Å².